The number of rotatable bonds is 4. The van der Waals surface area contributed by atoms with Gasteiger partial charge in [-0.05, 0) is 30.7 Å². The number of hydrogen-bond donors (Lipinski definition) is 2. The lowest BCUT2D eigenvalue weighted by Gasteiger charge is -2.36. The summed E-state index contributed by atoms with van der Waals surface area (Å²) >= 11 is 0. The van der Waals surface area contributed by atoms with E-state index in [1.807, 2.05) is 12.1 Å². The summed E-state index contributed by atoms with van der Waals surface area (Å²) in [6, 6.07) is 7.30. The minimum atomic E-state index is -0.836. The van der Waals surface area contributed by atoms with Crippen molar-refractivity contribution in [2.24, 2.45) is 11.7 Å². The summed E-state index contributed by atoms with van der Waals surface area (Å²) in [5.41, 5.74) is 7.15. The van der Waals surface area contributed by atoms with Crippen molar-refractivity contribution in [2.75, 3.05) is 19.6 Å². The van der Waals surface area contributed by atoms with Gasteiger partial charge >= 0.3 is 5.97 Å². The van der Waals surface area contributed by atoms with E-state index in [2.05, 4.69) is 0 Å². The highest BCUT2D eigenvalue weighted by atomic mass is 16.4. The van der Waals surface area contributed by atoms with Gasteiger partial charge in [0.25, 0.3) is 5.91 Å². The molecule has 0 spiro atoms. The Morgan fingerprint density at radius 2 is 1.89 bits per heavy atom. The lowest BCUT2D eigenvalue weighted by Crippen LogP contribution is -2.53. The molecule has 1 aliphatic rings. The summed E-state index contributed by atoms with van der Waals surface area (Å²) in [4.78, 5) is 24.2. The fourth-order valence-electron chi connectivity index (χ4n) is 1.96. The van der Waals surface area contributed by atoms with Crippen molar-refractivity contribution in [1.29, 1.82) is 0 Å². The number of aliphatic carboxylic acids is 1. The lowest BCUT2D eigenvalue weighted by molar-refractivity contribution is -0.146. The Labute approximate surface area is 105 Å². The summed E-state index contributed by atoms with van der Waals surface area (Å²) in [7, 11) is 0. The zero-order valence-corrected chi connectivity index (χ0v) is 10.0. The highest BCUT2D eigenvalue weighted by molar-refractivity contribution is 5.95. The molecule has 1 aromatic rings. The summed E-state index contributed by atoms with van der Waals surface area (Å²) in [6.07, 6.45) is 0.791. The Hall–Kier alpha value is -1.88. The van der Waals surface area contributed by atoms with Crippen LogP contribution in [0.4, 0.5) is 0 Å². The summed E-state index contributed by atoms with van der Waals surface area (Å²) < 4.78 is 0. The Balaban J connectivity index is 1.96. The number of likely N-dealkylation sites (tertiary alicyclic amines) is 1. The average Bonchev–Trinajstić information content (AvgIpc) is 2.27. The molecule has 96 valence electrons. The van der Waals surface area contributed by atoms with Crippen molar-refractivity contribution >= 4 is 11.9 Å². The van der Waals surface area contributed by atoms with Gasteiger partial charge in [0, 0.05) is 18.7 Å². The van der Waals surface area contributed by atoms with Crippen LogP contribution in [-0.4, -0.2) is 41.5 Å². The standard InChI is InChI=1S/C13H16N2O3/c14-6-5-9-1-3-10(4-2-9)12(16)15-7-11(8-15)13(17)18/h1-4,11H,5-8,14H2,(H,17,18). The van der Waals surface area contributed by atoms with E-state index in [9.17, 15) is 9.59 Å². The largest absolute Gasteiger partial charge is 0.481 e. The fraction of sp³-hybridized carbons (Fsp3) is 0.385. The molecule has 1 fully saturated rings. The van der Waals surface area contributed by atoms with Crippen LogP contribution >= 0.6 is 0 Å². The van der Waals surface area contributed by atoms with E-state index in [-0.39, 0.29) is 5.91 Å². The number of carbonyl (C=O) groups excluding carboxylic acids is 1. The first-order chi connectivity index (χ1) is 8.61. The van der Waals surface area contributed by atoms with Crippen molar-refractivity contribution in [2.45, 2.75) is 6.42 Å². The second-order valence-corrected chi connectivity index (χ2v) is 4.48. The Morgan fingerprint density at radius 3 is 2.39 bits per heavy atom. The van der Waals surface area contributed by atoms with Crippen LogP contribution in [0.3, 0.4) is 0 Å². The molecule has 1 aromatic carbocycles. The molecule has 18 heavy (non-hydrogen) atoms. The average molecular weight is 248 g/mol. The van der Waals surface area contributed by atoms with E-state index in [1.54, 1.807) is 17.0 Å². The molecule has 0 aromatic heterocycles. The van der Waals surface area contributed by atoms with Crippen molar-refractivity contribution in [3.05, 3.63) is 35.4 Å². The van der Waals surface area contributed by atoms with Gasteiger partial charge in [-0.25, -0.2) is 0 Å². The predicted molar refractivity (Wildman–Crippen MR) is 66.2 cm³/mol. The number of amides is 1. The zero-order chi connectivity index (χ0) is 13.1. The second-order valence-electron chi connectivity index (χ2n) is 4.48. The lowest BCUT2D eigenvalue weighted by atomic mass is 9.99. The first-order valence-electron chi connectivity index (χ1n) is 5.93. The molecule has 1 amide bonds. The van der Waals surface area contributed by atoms with E-state index in [4.69, 9.17) is 10.8 Å². The molecule has 3 N–H and O–H groups in total. The smallest absolute Gasteiger partial charge is 0.310 e. The molecule has 2 rings (SSSR count). The highest BCUT2D eigenvalue weighted by Crippen LogP contribution is 2.19. The Kier molecular flexibility index (Phi) is 3.62. The van der Waals surface area contributed by atoms with Crippen LogP contribution < -0.4 is 5.73 Å². The maximum absolute atomic E-state index is 12.0. The van der Waals surface area contributed by atoms with Crippen LogP contribution in [0.2, 0.25) is 0 Å². The van der Waals surface area contributed by atoms with E-state index in [0.29, 0.717) is 25.2 Å². The van der Waals surface area contributed by atoms with Gasteiger partial charge in [0.1, 0.15) is 0 Å². The molecule has 0 aliphatic carbocycles. The van der Waals surface area contributed by atoms with Gasteiger partial charge < -0.3 is 15.7 Å². The summed E-state index contributed by atoms with van der Waals surface area (Å²) in [5.74, 6) is -1.35. The van der Waals surface area contributed by atoms with Gasteiger partial charge in [0.15, 0.2) is 0 Å². The molecule has 0 radical (unpaired) electrons. The van der Waals surface area contributed by atoms with E-state index >= 15 is 0 Å². The van der Waals surface area contributed by atoms with Crippen LogP contribution in [0, 0.1) is 5.92 Å². The van der Waals surface area contributed by atoms with Crippen LogP contribution in [0.25, 0.3) is 0 Å². The maximum atomic E-state index is 12.0. The highest BCUT2D eigenvalue weighted by Gasteiger charge is 2.35. The van der Waals surface area contributed by atoms with Gasteiger partial charge in [-0.2, -0.15) is 0 Å². The topological polar surface area (TPSA) is 83.6 Å². The maximum Gasteiger partial charge on any atom is 0.310 e. The predicted octanol–water partition coefficient (Wildman–Crippen LogP) is 0.344. The SMILES string of the molecule is NCCc1ccc(C(=O)N2CC(C(=O)O)C2)cc1. The number of hydrogen-bond acceptors (Lipinski definition) is 3. The van der Waals surface area contributed by atoms with Crippen LogP contribution in [0.15, 0.2) is 24.3 Å². The molecular weight excluding hydrogens is 232 g/mol. The number of carboxylic acids is 1. The number of benzene rings is 1. The van der Waals surface area contributed by atoms with Crippen LogP contribution in [0.5, 0.6) is 0 Å². The molecule has 5 nitrogen and oxygen atoms in total. The Bertz CT molecular complexity index is 450. The third-order valence-corrected chi connectivity index (χ3v) is 3.15. The minimum absolute atomic E-state index is 0.105. The minimum Gasteiger partial charge on any atom is -0.481 e. The normalized spacial score (nSPS) is 15.3. The van der Waals surface area contributed by atoms with Gasteiger partial charge in [0.2, 0.25) is 0 Å². The molecule has 0 atom stereocenters. The fourth-order valence-corrected chi connectivity index (χ4v) is 1.96. The summed E-state index contributed by atoms with van der Waals surface area (Å²) in [5, 5.41) is 8.75. The van der Waals surface area contributed by atoms with Crippen molar-refractivity contribution in [3.8, 4) is 0 Å². The van der Waals surface area contributed by atoms with E-state index in [0.717, 1.165) is 12.0 Å². The first kappa shape index (κ1) is 12.6. The van der Waals surface area contributed by atoms with Crippen molar-refractivity contribution in [3.63, 3.8) is 0 Å². The molecule has 0 unspecified atom stereocenters. The molecule has 1 saturated heterocycles. The quantitative estimate of drug-likeness (QED) is 0.805. The van der Waals surface area contributed by atoms with Crippen LogP contribution in [0.1, 0.15) is 15.9 Å². The molecule has 0 bridgehead atoms. The summed E-state index contributed by atoms with van der Waals surface area (Å²) in [6.45, 7) is 1.19. The number of carboxylic acid groups (broad SMARTS) is 1. The van der Waals surface area contributed by atoms with E-state index < -0.39 is 11.9 Å². The molecule has 1 heterocycles. The third-order valence-electron chi connectivity index (χ3n) is 3.15. The van der Waals surface area contributed by atoms with Gasteiger partial charge in [-0.15, -0.1) is 0 Å². The molecule has 0 saturated carbocycles. The molecular formula is C13H16N2O3. The van der Waals surface area contributed by atoms with E-state index in [1.165, 1.54) is 0 Å². The number of nitrogens with zero attached hydrogens (tertiary/aromatic N) is 1. The Morgan fingerprint density at radius 1 is 1.28 bits per heavy atom. The number of carbonyl (C=O) groups is 2. The van der Waals surface area contributed by atoms with Gasteiger partial charge in [-0.3, -0.25) is 9.59 Å². The molecule has 1 aliphatic heterocycles. The van der Waals surface area contributed by atoms with Crippen molar-refractivity contribution < 1.29 is 14.7 Å². The number of nitrogens with two attached hydrogens (primary N) is 1. The first-order valence-corrected chi connectivity index (χ1v) is 5.93. The monoisotopic (exact) mass is 248 g/mol. The van der Waals surface area contributed by atoms with Crippen molar-refractivity contribution in [1.82, 2.24) is 4.90 Å². The zero-order valence-electron chi connectivity index (χ0n) is 10.0. The van der Waals surface area contributed by atoms with Crippen LogP contribution in [-0.2, 0) is 11.2 Å². The van der Waals surface area contributed by atoms with Gasteiger partial charge in [-0.1, -0.05) is 12.1 Å². The second kappa shape index (κ2) is 5.18. The molecule has 5 heteroatoms. The third kappa shape index (κ3) is 2.51. The van der Waals surface area contributed by atoms with Gasteiger partial charge in [0.05, 0.1) is 5.92 Å².